The van der Waals surface area contributed by atoms with Crippen LogP contribution in [0.4, 0.5) is 17.1 Å². The molecule has 0 spiro atoms. The molecule has 8 rings (SSSR count). The summed E-state index contributed by atoms with van der Waals surface area (Å²) < 4.78 is 4.70. The summed E-state index contributed by atoms with van der Waals surface area (Å²) in [7, 11) is 0. The van der Waals surface area contributed by atoms with E-state index in [1.807, 2.05) is 0 Å². The third-order valence-corrected chi connectivity index (χ3v) is 9.87. The normalized spacial score (nSPS) is 12.3. The van der Waals surface area contributed by atoms with Crippen molar-refractivity contribution in [2.24, 2.45) is 0 Å². The number of hydrogen-bond donors (Lipinski definition) is 0. The van der Waals surface area contributed by atoms with E-state index in [4.69, 9.17) is 0 Å². The summed E-state index contributed by atoms with van der Waals surface area (Å²) in [5.74, 6) is 0. The van der Waals surface area contributed by atoms with Gasteiger partial charge in [-0.15, -0.1) is 0 Å². The number of hydrogen-bond acceptors (Lipinski definition) is 1. The maximum absolute atomic E-state index is 2.41. The standard InChI is InChI=1S/C46H43N3/c1-45(2,3)33-16-20-36(21-17-33)48(37-22-18-34(19-23-37)46(4,5)6)38-24-26-39(27-25-38)49-42-15-11-10-14-40(42)41-31-43-32(30-44(41)49)28-29-47(43)35-12-8-7-9-13-35/h7-31H,1-6H3. The fourth-order valence-corrected chi connectivity index (χ4v) is 7.11. The summed E-state index contributed by atoms with van der Waals surface area (Å²) in [6.07, 6.45) is 2.18. The Kier molecular flexibility index (Phi) is 7.26. The van der Waals surface area contributed by atoms with E-state index in [0.29, 0.717) is 0 Å². The van der Waals surface area contributed by atoms with Crippen LogP contribution in [0.25, 0.3) is 44.1 Å². The number of nitrogens with zero attached hydrogens (tertiary/aromatic N) is 3. The average Bonchev–Trinajstić information content (AvgIpc) is 3.66. The van der Waals surface area contributed by atoms with Crippen LogP contribution >= 0.6 is 0 Å². The van der Waals surface area contributed by atoms with Crippen LogP contribution in [-0.2, 0) is 10.8 Å². The van der Waals surface area contributed by atoms with Gasteiger partial charge in [0.05, 0.1) is 16.6 Å². The van der Waals surface area contributed by atoms with E-state index >= 15 is 0 Å². The molecule has 6 aromatic carbocycles. The van der Waals surface area contributed by atoms with Crippen molar-refractivity contribution in [3.05, 3.63) is 163 Å². The third-order valence-electron chi connectivity index (χ3n) is 9.87. The third kappa shape index (κ3) is 5.50. The van der Waals surface area contributed by atoms with Gasteiger partial charge in [0.15, 0.2) is 0 Å². The van der Waals surface area contributed by atoms with Crippen molar-refractivity contribution in [3.63, 3.8) is 0 Å². The first-order valence-electron chi connectivity index (χ1n) is 17.3. The molecule has 0 bridgehead atoms. The molecule has 2 heterocycles. The Balaban J connectivity index is 1.25. The number of fused-ring (bicyclic) bond motifs is 4. The Morgan fingerprint density at radius 3 is 1.53 bits per heavy atom. The minimum atomic E-state index is 0.0947. The Morgan fingerprint density at radius 2 is 0.959 bits per heavy atom. The SMILES string of the molecule is CC(C)(C)c1ccc(N(c2ccc(-n3c4ccccc4c4cc5c(ccn5-c5ccccc5)cc43)cc2)c2ccc(C(C)(C)C)cc2)cc1. The molecule has 0 saturated carbocycles. The molecule has 0 aliphatic heterocycles. The van der Waals surface area contributed by atoms with Crippen LogP contribution in [0.2, 0.25) is 0 Å². The molecular formula is C46H43N3. The van der Waals surface area contributed by atoms with Crippen molar-refractivity contribution in [3.8, 4) is 11.4 Å². The van der Waals surface area contributed by atoms with Crippen molar-refractivity contribution < 1.29 is 0 Å². The largest absolute Gasteiger partial charge is 0.317 e. The molecule has 3 heteroatoms. The van der Waals surface area contributed by atoms with Crippen molar-refractivity contribution in [1.29, 1.82) is 0 Å². The summed E-state index contributed by atoms with van der Waals surface area (Å²) in [6.45, 7) is 13.6. The number of rotatable bonds is 5. The van der Waals surface area contributed by atoms with E-state index in [1.165, 1.54) is 49.5 Å². The molecule has 0 saturated heterocycles. The van der Waals surface area contributed by atoms with Crippen LogP contribution in [0.5, 0.6) is 0 Å². The summed E-state index contributed by atoms with van der Waals surface area (Å²) in [6, 6.07) is 53.4. The molecular weight excluding hydrogens is 595 g/mol. The van der Waals surface area contributed by atoms with E-state index in [0.717, 1.165) is 22.7 Å². The minimum absolute atomic E-state index is 0.0947. The van der Waals surface area contributed by atoms with Crippen molar-refractivity contribution in [2.75, 3.05) is 4.90 Å². The fourth-order valence-electron chi connectivity index (χ4n) is 7.11. The minimum Gasteiger partial charge on any atom is -0.317 e. The lowest BCUT2D eigenvalue weighted by Gasteiger charge is -2.28. The first-order chi connectivity index (χ1) is 23.6. The van der Waals surface area contributed by atoms with Crippen LogP contribution in [0.15, 0.2) is 152 Å². The lowest BCUT2D eigenvalue weighted by Crippen LogP contribution is -2.14. The summed E-state index contributed by atoms with van der Waals surface area (Å²) in [5.41, 5.74) is 12.2. The van der Waals surface area contributed by atoms with Gasteiger partial charge in [-0.25, -0.2) is 0 Å². The van der Waals surface area contributed by atoms with Crippen molar-refractivity contribution >= 4 is 49.8 Å². The molecule has 0 amide bonds. The predicted molar refractivity (Wildman–Crippen MR) is 210 cm³/mol. The molecule has 0 atom stereocenters. The van der Waals surface area contributed by atoms with E-state index in [9.17, 15) is 0 Å². The topological polar surface area (TPSA) is 13.1 Å². The second-order valence-corrected chi connectivity index (χ2v) is 15.2. The van der Waals surface area contributed by atoms with Crippen molar-refractivity contribution in [1.82, 2.24) is 9.13 Å². The van der Waals surface area contributed by atoms with Crippen molar-refractivity contribution in [2.45, 2.75) is 52.4 Å². The van der Waals surface area contributed by atoms with Gasteiger partial charge in [-0.1, -0.05) is 102 Å². The zero-order valence-corrected chi connectivity index (χ0v) is 29.3. The van der Waals surface area contributed by atoms with Gasteiger partial charge in [0.2, 0.25) is 0 Å². The van der Waals surface area contributed by atoms with Gasteiger partial charge in [-0.2, -0.15) is 0 Å². The molecule has 242 valence electrons. The zero-order valence-electron chi connectivity index (χ0n) is 29.3. The first kappa shape index (κ1) is 30.8. The predicted octanol–water partition coefficient (Wildman–Crippen LogP) is 12.8. The molecule has 0 fully saturated rings. The van der Waals surface area contributed by atoms with Gasteiger partial charge in [0.25, 0.3) is 0 Å². The highest BCUT2D eigenvalue weighted by atomic mass is 15.1. The van der Waals surface area contributed by atoms with E-state index in [-0.39, 0.29) is 10.8 Å². The maximum Gasteiger partial charge on any atom is 0.0548 e. The number of aromatic nitrogens is 2. The van der Waals surface area contributed by atoms with Gasteiger partial charge in [0.1, 0.15) is 0 Å². The highest BCUT2D eigenvalue weighted by Gasteiger charge is 2.20. The molecule has 0 aliphatic carbocycles. The van der Waals surface area contributed by atoms with Gasteiger partial charge in [0, 0.05) is 50.8 Å². The van der Waals surface area contributed by atoms with E-state index < -0.39 is 0 Å². The molecule has 2 aromatic heterocycles. The molecule has 0 N–H and O–H groups in total. The van der Waals surface area contributed by atoms with Crippen LogP contribution in [0, 0.1) is 0 Å². The molecule has 8 aromatic rings. The Morgan fingerprint density at radius 1 is 0.429 bits per heavy atom. The van der Waals surface area contributed by atoms with Gasteiger partial charge in [-0.3, -0.25) is 0 Å². The quantitative estimate of drug-likeness (QED) is 0.183. The number of para-hydroxylation sites is 2. The molecule has 49 heavy (non-hydrogen) atoms. The highest BCUT2D eigenvalue weighted by Crippen LogP contribution is 2.39. The molecule has 3 nitrogen and oxygen atoms in total. The van der Waals surface area contributed by atoms with Gasteiger partial charge >= 0.3 is 0 Å². The Bertz CT molecular complexity index is 2350. The van der Waals surface area contributed by atoms with Crippen LogP contribution in [0.1, 0.15) is 52.7 Å². The fraction of sp³-hybridized carbons (Fsp3) is 0.174. The number of anilines is 3. The zero-order chi connectivity index (χ0) is 33.9. The summed E-state index contributed by atoms with van der Waals surface area (Å²) >= 11 is 0. The van der Waals surface area contributed by atoms with Gasteiger partial charge in [-0.05, 0) is 107 Å². The average molecular weight is 638 g/mol. The highest BCUT2D eigenvalue weighted by molar-refractivity contribution is 6.13. The smallest absolute Gasteiger partial charge is 0.0548 e. The van der Waals surface area contributed by atoms with Crippen LogP contribution in [0.3, 0.4) is 0 Å². The second kappa shape index (κ2) is 11.6. The second-order valence-electron chi connectivity index (χ2n) is 15.2. The first-order valence-corrected chi connectivity index (χ1v) is 17.3. The lowest BCUT2D eigenvalue weighted by molar-refractivity contribution is 0.590. The van der Waals surface area contributed by atoms with E-state index in [1.54, 1.807) is 0 Å². The van der Waals surface area contributed by atoms with Crippen LogP contribution in [-0.4, -0.2) is 9.13 Å². The lowest BCUT2D eigenvalue weighted by atomic mass is 9.86. The Labute approximate surface area is 289 Å². The van der Waals surface area contributed by atoms with Gasteiger partial charge < -0.3 is 14.0 Å². The molecule has 0 radical (unpaired) electrons. The monoisotopic (exact) mass is 637 g/mol. The maximum atomic E-state index is 2.41. The summed E-state index contributed by atoms with van der Waals surface area (Å²) in [4.78, 5) is 2.37. The summed E-state index contributed by atoms with van der Waals surface area (Å²) in [5, 5.41) is 3.73. The van der Waals surface area contributed by atoms with E-state index in [2.05, 4.69) is 207 Å². The molecule has 0 aliphatic rings. The molecule has 0 unspecified atom stereocenters. The number of benzene rings is 6. The Hall–Kier alpha value is -5.54. The van der Waals surface area contributed by atoms with Crippen LogP contribution < -0.4 is 4.90 Å².